The molecule has 1 aliphatic rings. The number of rotatable bonds is 10. The van der Waals surface area contributed by atoms with E-state index in [1.807, 2.05) is 0 Å². The molecule has 0 aromatic rings. The van der Waals surface area contributed by atoms with Gasteiger partial charge >= 0.3 is 15.2 Å². The fraction of sp³-hybridized carbons (Fsp3) is 0.867. The van der Waals surface area contributed by atoms with Crippen LogP contribution in [0, 0.1) is 5.92 Å². The first-order chi connectivity index (χ1) is 11.0. The van der Waals surface area contributed by atoms with Gasteiger partial charge in [-0.05, 0) is 26.2 Å². The van der Waals surface area contributed by atoms with Crippen molar-refractivity contribution < 1.29 is 27.2 Å². The molecular weight excluding hydrogens is 338 g/mol. The van der Waals surface area contributed by atoms with Crippen LogP contribution in [0.15, 0.2) is 11.1 Å². The van der Waals surface area contributed by atoms with Gasteiger partial charge in [0.25, 0.3) is 0 Å². The Hall–Kier alpha value is 0.0400. The molecule has 0 unspecified atom stereocenters. The third-order valence-electron chi connectivity index (χ3n) is 4.00. The molecule has 1 saturated carbocycles. The Morgan fingerprint density at radius 2 is 1.48 bits per heavy atom. The minimum absolute atomic E-state index is 0.0317. The molecule has 1 fully saturated rings. The van der Waals surface area contributed by atoms with E-state index >= 15 is 0 Å². The van der Waals surface area contributed by atoms with Crippen LogP contribution >= 0.6 is 15.2 Å². The summed E-state index contributed by atoms with van der Waals surface area (Å²) < 4.78 is 46.8. The Labute approximate surface area is 140 Å². The summed E-state index contributed by atoms with van der Waals surface area (Å²) in [6.45, 7) is 3.81. The summed E-state index contributed by atoms with van der Waals surface area (Å²) in [4.78, 5) is 0. The van der Waals surface area contributed by atoms with Crippen LogP contribution in [-0.4, -0.2) is 27.4 Å². The zero-order valence-electron chi connectivity index (χ0n) is 14.7. The first kappa shape index (κ1) is 21.1. The molecule has 0 saturated heterocycles. The standard InChI is InChI=1S/C15H30O6P2/c1-5-20-23(17,21-6-2)15(22(16,18-3)19-4)13-12-14-10-8-7-9-11-14/h13-14H,5-12H2,1-4H3/b15-13-. The van der Waals surface area contributed by atoms with E-state index in [2.05, 4.69) is 0 Å². The van der Waals surface area contributed by atoms with Crippen molar-refractivity contribution in [3.63, 3.8) is 0 Å². The fourth-order valence-electron chi connectivity index (χ4n) is 2.84. The van der Waals surface area contributed by atoms with Gasteiger partial charge in [-0.1, -0.05) is 38.2 Å². The van der Waals surface area contributed by atoms with Crippen molar-refractivity contribution in [1.82, 2.24) is 0 Å². The predicted octanol–water partition coefficient (Wildman–Crippen LogP) is 5.55. The van der Waals surface area contributed by atoms with Gasteiger partial charge < -0.3 is 18.1 Å². The summed E-state index contributed by atoms with van der Waals surface area (Å²) in [7, 11) is -4.84. The second-order valence-corrected chi connectivity index (χ2v) is 10.1. The molecule has 8 heteroatoms. The lowest BCUT2D eigenvalue weighted by Crippen LogP contribution is -2.07. The third kappa shape index (κ3) is 5.81. The van der Waals surface area contributed by atoms with Gasteiger partial charge in [0.15, 0.2) is 0 Å². The van der Waals surface area contributed by atoms with E-state index in [1.54, 1.807) is 19.9 Å². The van der Waals surface area contributed by atoms with E-state index < -0.39 is 15.2 Å². The van der Waals surface area contributed by atoms with Crippen LogP contribution in [0.25, 0.3) is 0 Å². The average Bonchev–Trinajstić information content (AvgIpc) is 2.56. The minimum atomic E-state index is -3.70. The van der Waals surface area contributed by atoms with Crippen LogP contribution < -0.4 is 0 Å². The third-order valence-corrected chi connectivity index (χ3v) is 9.11. The van der Waals surface area contributed by atoms with Gasteiger partial charge in [0.2, 0.25) is 0 Å². The molecule has 0 N–H and O–H groups in total. The van der Waals surface area contributed by atoms with Crippen molar-refractivity contribution >= 4 is 15.2 Å². The molecule has 0 aromatic heterocycles. The molecular formula is C15H30O6P2. The van der Waals surface area contributed by atoms with E-state index in [4.69, 9.17) is 18.1 Å². The zero-order chi connectivity index (χ0) is 17.3. The Morgan fingerprint density at radius 1 is 0.957 bits per heavy atom. The first-order valence-electron chi connectivity index (χ1n) is 8.27. The summed E-state index contributed by atoms with van der Waals surface area (Å²) in [5.74, 6) is 0.498. The van der Waals surface area contributed by atoms with E-state index in [9.17, 15) is 9.13 Å². The largest absolute Gasteiger partial charge is 0.369 e. The van der Waals surface area contributed by atoms with Crippen LogP contribution in [0.2, 0.25) is 0 Å². The lowest BCUT2D eigenvalue weighted by molar-refractivity contribution is 0.224. The average molecular weight is 368 g/mol. The van der Waals surface area contributed by atoms with E-state index in [0.717, 1.165) is 12.8 Å². The van der Waals surface area contributed by atoms with E-state index in [0.29, 0.717) is 12.3 Å². The van der Waals surface area contributed by atoms with Gasteiger partial charge in [0.1, 0.15) is 5.06 Å². The summed E-state index contributed by atoms with van der Waals surface area (Å²) in [6.07, 6.45) is 8.30. The smallest absolute Gasteiger partial charge is 0.308 e. The number of allylic oxidation sites excluding steroid dienone is 1. The normalized spacial score (nSPS) is 18.3. The maximum atomic E-state index is 13.1. The van der Waals surface area contributed by atoms with Crippen LogP contribution in [0.4, 0.5) is 0 Å². The van der Waals surface area contributed by atoms with Crippen molar-refractivity contribution in [2.45, 2.75) is 52.4 Å². The lowest BCUT2D eigenvalue weighted by Gasteiger charge is -2.25. The van der Waals surface area contributed by atoms with Gasteiger partial charge in [-0.25, -0.2) is 0 Å². The van der Waals surface area contributed by atoms with Gasteiger partial charge in [0, 0.05) is 14.2 Å². The molecule has 6 nitrogen and oxygen atoms in total. The zero-order valence-corrected chi connectivity index (χ0v) is 16.4. The molecule has 0 amide bonds. The van der Waals surface area contributed by atoms with E-state index in [1.165, 1.54) is 33.5 Å². The van der Waals surface area contributed by atoms with E-state index in [-0.39, 0.29) is 18.3 Å². The van der Waals surface area contributed by atoms with Crippen molar-refractivity contribution in [3.8, 4) is 0 Å². The summed E-state index contributed by atoms with van der Waals surface area (Å²) in [5, 5.41) is 0.0317. The SMILES string of the molecule is CCOP(=O)(OCC)/C(=C\CC1CCCCC1)P(=O)(OC)OC. The quantitative estimate of drug-likeness (QED) is 0.471. The van der Waals surface area contributed by atoms with Gasteiger partial charge in [-0.15, -0.1) is 0 Å². The van der Waals surface area contributed by atoms with Crippen molar-refractivity contribution in [2.75, 3.05) is 27.4 Å². The van der Waals surface area contributed by atoms with Gasteiger partial charge in [-0.3, -0.25) is 9.13 Å². The summed E-state index contributed by atoms with van der Waals surface area (Å²) in [6, 6.07) is 0. The van der Waals surface area contributed by atoms with Crippen LogP contribution in [0.1, 0.15) is 52.4 Å². The lowest BCUT2D eigenvalue weighted by atomic mass is 9.87. The molecule has 0 aromatic carbocycles. The number of hydrogen-bond donors (Lipinski definition) is 0. The van der Waals surface area contributed by atoms with Crippen molar-refractivity contribution in [1.29, 1.82) is 0 Å². The molecule has 136 valence electrons. The summed E-state index contributed by atoms with van der Waals surface area (Å²) >= 11 is 0. The highest BCUT2D eigenvalue weighted by Gasteiger charge is 2.44. The molecule has 1 aliphatic carbocycles. The second kappa shape index (κ2) is 10.1. The Bertz CT molecular complexity index is 453. The van der Waals surface area contributed by atoms with Crippen LogP contribution in [0.5, 0.6) is 0 Å². The monoisotopic (exact) mass is 368 g/mol. The maximum Gasteiger partial charge on any atom is 0.369 e. The highest BCUT2D eigenvalue weighted by Crippen LogP contribution is 2.73. The fourth-order valence-corrected chi connectivity index (χ4v) is 7.08. The molecule has 1 rings (SSSR count). The topological polar surface area (TPSA) is 71.1 Å². The molecule has 0 bridgehead atoms. The Morgan fingerprint density at radius 3 is 1.91 bits per heavy atom. The van der Waals surface area contributed by atoms with Crippen molar-refractivity contribution in [3.05, 3.63) is 11.1 Å². The van der Waals surface area contributed by atoms with Crippen LogP contribution in [-0.2, 0) is 27.2 Å². The van der Waals surface area contributed by atoms with Crippen molar-refractivity contribution in [2.24, 2.45) is 5.92 Å². The first-order valence-corrected chi connectivity index (χ1v) is 11.4. The molecule has 0 aliphatic heterocycles. The highest BCUT2D eigenvalue weighted by molar-refractivity contribution is 7.78. The molecule has 0 radical (unpaired) electrons. The highest BCUT2D eigenvalue weighted by atomic mass is 31.2. The Balaban J connectivity index is 3.13. The molecule has 23 heavy (non-hydrogen) atoms. The van der Waals surface area contributed by atoms with Crippen LogP contribution in [0.3, 0.4) is 0 Å². The Kier molecular flexibility index (Phi) is 9.28. The predicted molar refractivity (Wildman–Crippen MR) is 91.8 cm³/mol. The van der Waals surface area contributed by atoms with Gasteiger partial charge in [-0.2, -0.15) is 0 Å². The number of hydrogen-bond acceptors (Lipinski definition) is 6. The minimum Gasteiger partial charge on any atom is -0.308 e. The molecule has 0 heterocycles. The summed E-state index contributed by atoms with van der Waals surface area (Å²) in [5.41, 5.74) is 0. The van der Waals surface area contributed by atoms with Gasteiger partial charge in [0.05, 0.1) is 13.2 Å². The maximum absolute atomic E-state index is 13.1. The second-order valence-electron chi connectivity index (χ2n) is 5.50. The molecule has 0 spiro atoms. The molecule has 0 atom stereocenters.